The van der Waals surface area contributed by atoms with Crippen molar-refractivity contribution < 1.29 is 9.21 Å². The third kappa shape index (κ3) is 3.41. The third-order valence-corrected chi connectivity index (χ3v) is 5.45. The number of furan rings is 1. The summed E-state index contributed by atoms with van der Waals surface area (Å²) < 4.78 is 5.82. The summed E-state index contributed by atoms with van der Waals surface area (Å²) in [7, 11) is 2.09. The predicted molar refractivity (Wildman–Crippen MR) is 97.9 cm³/mol. The molecule has 140 valence electrons. The van der Waals surface area contributed by atoms with Gasteiger partial charge in [0.15, 0.2) is 5.69 Å². The van der Waals surface area contributed by atoms with Crippen LogP contribution >= 0.6 is 0 Å². The van der Waals surface area contributed by atoms with E-state index in [-0.39, 0.29) is 5.91 Å². The Morgan fingerprint density at radius 1 is 1.19 bits per heavy atom. The minimum Gasteiger partial charge on any atom is -0.465 e. The third-order valence-electron chi connectivity index (χ3n) is 5.45. The number of nitrogens with zero attached hydrogens (tertiary/aromatic N) is 4. The average Bonchev–Trinajstić information content (AvgIpc) is 3.28. The Labute approximate surface area is 153 Å². The lowest BCUT2D eigenvalue weighted by molar-refractivity contribution is 0.0656. The van der Waals surface area contributed by atoms with E-state index in [1.165, 1.54) is 0 Å². The minimum absolute atomic E-state index is 0.0719. The summed E-state index contributed by atoms with van der Waals surface area (Å²) in [5.41, 5.74) is 2.78. The van der Waals surface area contributed by atoms with Crippen LogP contribution in [0.1, 0.15) is 40.2 Å². The number of amides is 1. The average molecular weight is 357 g/mol. The van der Waals surface area contributed by atoms with E-state index in [0.717, 1.165) is 81.4 Å². The van der Waals surface area contributed by atoms with Gasteiger partial charge in [0.2, 0.25) is 0 Å². The number of carbonyl (C=O) groups excluding carboxylic acids is 1. The SMILES string of the molecule is CCc1ccc(CN2CCc3c(C(=O)N4CCN(C)CC4)n[nH]c3C2)o1. The maximum Gasteiger partial charge on any atom is 0.274 e. The smallest absolute Gasteiger partial charge is 0.274 e. The number of aromatic amines is 1. The first-order valence-electron chi connectivity index (χ1n) is 9.48. The van der Waals surface area contributed by atoms with Gasteiger partial charge in [-0.2, -0.15) is 5.10 Å². The van der Waals surface area contributed by atoms with Crippen LogP contribution in [-0.4, -0.2) is 70.6 Å². The van der Waals surface area contributed by atoms with Gasteiger partial charge in [0.05, 0.1) is 12.2 Å². The zero-order valence-corrected chi connectivity index (χ0v) is 15.6. The molecule has 2 aliphatic rings. The highest BCUT2D eigenvalue weighted by atomic mass is 16.3. The molecule has 7 heteroatoms. The van der Waals surface area contributed by atoms with Crippen molar-refractivity contribution in [2.45, 2.75) is 32.9 Å². The second kappa shape index (κ2) is 7.25. The van der Waals surface area contributed by atoms with Crippen LogP contribution in [0.5, 0.6) is 0 Å². The van der Waals surface area contributed by atoms with Crippen LogP contribution in [0.4, 0.5) is 0 Å². The van der Waals surface area contributed by atoms with Gasteiger partial charge in [-0.05, 0) is 25.6 Å². The second-order valence-corrected chi connectivity index (χ2v) is 7.31. The van der Waals surface area contributed by atoms with Gasteiger partial charge in [0.25, 0.3) is 5.91 Å². The fourth-order valence-electron chi connectivity index (χ4n) is 3.76. The Morgan fingerprint density at radius 3 is 2.69 bits per heavy atom. The molecule has 0 unspecified atom stereocenters. The Hall–Kier alpha value is -2.12. The summed E-state index contributed by atoms with van der Waals surface area (Å²) >= 11 is 0. The number of carbonyl (C=O) groups is 1. The molecule has 1 amide bonds. The molecule has 0 bridgehead atoms. The second-order valence-electron chi connectivity index (χ2n) is 7.31. The first-order valence-corrected chi connectivity index (χ1v) is 9.48. The molecule has 0 radical (unpaired) electrons. The number of aryl methyl sites for hydroxylation is 1. The summed E-state index contributed by atoms with van der Waals surface area (Å²) in [5, 5.41) is 7.48. The molecule has 0 saturated carbocycles. The topological polar surface area (TPSA) is 68.6 Å². The van der Waals surface area contributed by atoms with Crippen molar-refractivity contribution in [3.8, 4) is 0 Å². The van der Waals surface area contributed by atoms with E-state index in [4.69, 9.17) is 4.42 Å². The van der Waals surface area contributed by atoms with Gasteiger partial charge < -0.3 is 14.2 Å². The highest BCUT2D eigenvalue weighted by Gasteiger charge is 2.29. The van der Waals surface area contributed by atoms with Crippen LogP contribution in [0.15, 0.2) is 16.5 Å². The molecule has 0 spiro atoms. The molecule has 2 aromatic rings. The fraction of sp³-hybridized carbons (Fsp3) is 0.579. The Kier molecular flexibility index (Phi) is 4.82. The maximum atomic E-state index is 12.8. The molecular weight excluding hydrogens is 330 g/mol. The lowest BCUT2D eigenvalue weighted by Crippen LogP contribution is -2.47. The molecule has 0 aliphatic carbocycles. The lowest BCUT2D eigenvalue weighted by atomic mass is 10.0. The highest BCUT2D eigenvalue weighted by molar-refractivity contribution is 5.94. The van der Waals surface area contributed by atoms with Crippen molar-refractivity contribution >= 4 is 5.91 Å². The van der Waals surface area contributed by atoms with Gasteiger partial charge in [-0.3, -0.25) is 14.8 Å². The quantitative estimate of drug-likeness (QED) is 0.898. The van der Waals surface area contributed by atoms with Crippen LogP contribution in [0, 0.1) is 0 Å². The van der Waals surface area contributed by atoms with Gasteiger partial charge in [-0.25, -0.2) is 0 Å². The molecule has 0 aromatic carbocycles. The number of hydrogen-bond acceptors (Lipinski definition) is 5. The standard InChI is InChI=1S/C19H27N5O2/c1-3-14-4-5-15(26-14)12-23-7-6-16-17(13-23)20-21-18(16)19(25)24-10-8-22(2)9-11-24/h4-5H,3,6-13H2,1-2H3,(H,20,21). The van der Waals surface area contributed by atoms with Gasteiger partial charge >= 0.3 is 0 Å². The normalized spacial score (nSPS) is 18.9. The molecule has 7 nitrogen and oxygen atoms in total. The number of nitrogens with one attached hydrogen (secondary N) is 1. The monoisotopic (exact) mass is 357 g/mol. The van der Waals surface area contributed by atoms with Crippen molar-refractivity contribution in [1.29, 1.82) is 0 Å². The van der Waals surface area contributed by atoms with Crippen LogP contribution in [0.2, 0.25) is 0 Å². The van der Waals surface area contributed by atoms with E-state index in [0.29, 0.717) is 5.69 Å². The molecule has 2 aromatic heterocycles. The van der Waals surface area contributed by atoms with Crippen molar-refractivity contribution in [3.05, 3.63) is 40.6 Å². The number of fused-ring (bicyclic) bond motifs is 1. The Balaban J connectivity index is 1.42. The Bertz CT molecular complexity index is 773. The van der Waals surface area contributed by atoms with E-state index in [9.17, 15) is 4.79 Å². The van der Waals surface area contributed by atoms with Crippen molar-refractivity contribution in [3.63, 3.8) is 0 Å². The number of rotatable bonds is 4. The number of piperazine rings is 1. The summed E-state index contributed by atoms with van der Waals surface area (Å²) in [6.07, 6.45) is 1.77. The van der Waals surface area contributed by atoms with E-state index in [1.807, 2.05) is 11.0 Å². The van der Waals surface area contributed by atoms with Gasteiger partial charge in [0, 0.05) is 51.3 Å². The van der Waals surface area contributed by atoms with Crippen molar-refractivity contribution in [2.24, 2.45) is 0 Å². The molecule has 1 N–H and O–H groups in total. The summed E-state index contributed by atoms with van der Waals surface area (Å²) in [6, 6.07) is 4.11. The van der Waals surface area contributed by atoms with Crippen LogP contribution < -0.4 is 0 Å². The van der Waals surface area contributed by atoms with Crippen LogP contribution in [0.3, 0.4) is 0 Å². The summed E-state index contributed by atoms with van der Waals surface area (Å²) in [6.45, 7) is 7.99. The van der Waals surface area contributed by atoms with E-state index in [2.05, 4.69) is 40.0 Å². The fourth-order valence-corrected chi connectivity index (χ4v) is 3.76. The number of likely N-dealkylation sites (N-methyl/N-ethyl adjacent to an activating group) is 1. The predicted octanol–water partition coefficient (Wildman–Crippen LogP) is 1.51. The number of aromatic nitrogens is 2. The van der Waals surface area contributed by atoms with Crippen molar-refractivity contribution in [1.82, 2.24) is 24.9 Å². The van der Waals surface area contributed by atoms with Gasteiger partial charge in [-0.1, -0.05) is 6.92 Å². The zero-order valence-electron chi connectivity index (χ0n) is 15.6. The number of H-pyrrole nitrogens is 1. The minimum atomic E-state index is 0.0719. The number of hydrogen-bond donors (Lipinski definition) is 1. The van der Waals surface area contributed by atoms with Crippen LogP contribution in [-0.2, 0) is 25.9 Å². The first kappa shape index (κ1) is 17.3. The molecule has 4 heterocycles. The van der Waals surface area contributed by atoms with E-state index < -0.39 is 0 Å². The summed E-state index contributed by atoms with van der Waals surface area (Å²) in [5.74, 6) is 2.10. The molecule has 1 fully saturated rings. The lowest BCUT2D eigenvalue weighted by Gasteiger charge is -2.32. The highest BCUT2D eigenvalue weighted by Crippen LogP contribution is 2.23. The van der Waals surface area contributed by atoms with Gasteiger partial charge in [0.1, 0.15) is 11.5 Å². The molecule has 0 atom stereocenters. The largest absolute Gasteiger partial charge is 0.465 e. The van der Waals surface area contributed by atoms with Crippen LogP contribution in [0.25, 0.3) is 0 Å². The summed E-state index contributed by atoms with van der Waals surface area (Å²) in [4.78, 5) is 19.4. The van der Waals surface area contributed by atoms with E-state index >= 15 is 0 Å². The molecule has 1 saturated heterocycles. The van der Waals surface area contributed by atoms with Gasteiger partial charge in [-0.15, -0.1) is 0 Å². The zero-order chi connectivity index (χ0) is 18.1. The Morgan fingerprint density at radius 2 is 1.96 bits per heavy atom. The molecule has 4 rings (SSSR count). The maximum absolute atomic E-state index is 12.8. The first-order chi connectivity index (χ1) is 12.6. The molecular formula is C19H27N5O2. The van der Waals surface area contributed by atoms with Crippen molar-refractivity contribution in [2.75, 3.05) is 39.8 Å². The molecule has 26 heavy (non-hydrogen) atoms. The van der Waals surface area contributed by atoms with E-state index in [1.54, 1.807) is 0 Å². The molecule has 2 aliphatic heterocycles.